The molecule has 0 bridgehead atoms. The summed E-state index contributed by atoms with van der Waals surface area (Å²) in [6.07, 6.45) is 0. The first-order valence-electron chi connectivity index (χ1n) is 6.42. The largest absolute Gasteiger partial charge is 0.507 e. The van der Waals surface area contributed by atoms with Crippen LogP contribution in [0.3, 0.4) is 0 Å². The Hall–Kier alpha value is -1.60. The van der Waals surface area contributed by atoms with Crippen molar-refractivity contribution < 1.29 is 9.50 Å². The molecule has 106 valence electrons. The molecule has 2 nitrogen and oxygen atoms in total. The van der Waals surface area contributed by atoms with Crippen molar-refractivity contribution in [1.29, 1.82) is 0 Å². The maximum absolute atomic E-state index is 13.4. The van der Waals surface area contributed by atoms with Crippen LogP contribution in [0.25, 0.3) is 0 Å². The van der Waals surface area contributed by atoms with E-state index >= 15 is 0 Å². The Labute approximate surface area is 121 Å². The SMILES string of the molecule is Cc1cc(C)c(O)c(Pc2ccc(F)cc2N(C)C)c1. The predicted octanol–water partition coefficient (Wildman–Crippen LogP) is 2.84. The monoisotopic (exact) mass is 291 g/mol. The molecule has 0 heterocycles. The molecular formula is C16H19FNOP. The smallest absolute Gasteiger partial charge is 0.126 e. The maximum atomic E-state index is 13.4. The van der Waals surface area contributed by atoms with E-state index in [4.69, 9.17) is 0 Å². The fourth-order valence-electron chi connectivity index (χ4n) is 2.18. The zero-order chi connectivity index (χ0) is 14.9. The first-order chi connectivity index (χ1) is 9.38. The minimum Gasteiger partial charge on any atom is -0.507 e. The van der Waals surface area contributed by atoms with Gasteiger partial charge in [-0.05, 0) is 49.2 Å². The van der Waals surface area contributed by atoms with Crippen LogP contribution in [0.15, 0.2) is 30.3 Å². The van der Waals surface area contributed by atoms with Gasteiger partial charge in [-0.1, -0.05) is 14.6 Å². The number of aromatic hydroxyl groups is 1. The molecule has 0 radical (unpaired) electrons. The van der Waals surface area contributed by atoms with Gasteiger partial charge in [-0.2, -0.15) is 0 Å². The lowest BCUT2D eigenvalue weighted by molar-refractivity contribution is 0.475. The Morgan fingerprint density at radius 2 is 1.75 bits per heavy atom. The summed E-state index contributed by atoms with van der Waals surface area (Å²) >= 11 is 0. The van der Waals surface area contributed by atoms with Gasteiger partial charge < -0.3 is 10.0 Å². The molecule has 0 spiro atoms. The lowest BCUT2D eigenvalue weighted by Gasteiger charge is -2.18. The van der Waals surface area contributed by atoms with E-state index in [1.807, 2.05) is 45.0 Å². The molecule has 1 N–H and O–H groups in total. The second kappa shape index (κ2) is 5.80. The summed E-state index contributed by atoms with van der Waals surface area (Å²) in [4.78, 5) is 1.89. The number of nitrogens with zero attached hydrogens (tertiary/aromatic N) is 1. The number of rotatable bonds is 3. The average molecular weight is 291 g/mol. The normalized spacial score (nSPS) is 11.2. The number of phenolic OH excluding ortho intramolecular Hbond substituents is 1. The summed E-state index contributed by atoms with van der Waals surface area (Å²) in [5.74, 6) is 0.0925. The molecule has 0 amide bonds. The fourth-order valence-corrected chi connectivity index (χ4v) is 3.68. The average Bonchev–Trinajstić information content (AvgIpc) is 2.37. The van der Waals surface area contributed by atoms with Crippen molar-refractivity contribution in [1.82, 2.24) is 0 Å². The quantitative estimate of drug-likeness (QED) is 0.879. The molecule has 0 aliphatic rings. The highest BCUT2D eigenvalue weighted by molar-refractivity contribution is 7.56. The van der Waals surface area contributed by atoms with E-state index in [2.05, 4.69) is 0 Å². The number of aryl methyl sites for hydroxylation is 2. The van der Waals surface area contributed by atoms with Gasteiger partial charge in [0.05, 0.1) is 0 Å². The minimum absolute atomic E-state index is 0.244. The zero-order valence-electron chi connectivity index (χ0n) is 12.2. The van der Waals surface area contributed by atoms with Crippen molar-refractivity contribution in [3.63, 3.8) is 0 Å². The molecule has 1 atom stereocenters. The van der Waals surface area contributed by atoms with Crippen molar-refractivity contribution in [2.24, 2.45) is 0 Å². The number of phenols is 1. The third-order valence-corrected chi connectivity index (χ3v) is 4.50. The molecule has 0 aliphatic carbocycles. The Morgan fingerprint density at radius 3 is 2.40 bits per heavy atom. The van der Waals surface area contributed by atoms with Crippen LogP contribution in [0.1, 0.15) is 11.1 Å². The molecule has 0 fully saturated rings. The fraction of sp³-hybridized carbons (Fsp3) is 0.250. The number of benzene rings is 2. The third kappa shape index (κ3) is 3.10. The van der Waals surface area contributed by atoms with Crippen LogP contribution in [0.4, 0.5) is 10.1 Å². The van der Waals surface area contributed by atoms with Crippen LogP contribution < -0.4 is 15.5 Å². The molecule has 4 heteroatoms. The van der Waals surface area contributed by atoms with Crippen LogP contribution in [-0.4, -0.2) is 19.2 Å². The molecule has 1 unspecified atom stereocenters. The maximum Gasteiger partial charge on any atom is 0.126 e. The highest BCUT2D eigenvalue weighted by Crippen LogP contribution is 2.26. The standard InChI is InChI=1S/C16H19FNOP/c1-10-7-11(2)16(19)15(8-10)20-14-6-5-12(17)9-13(14)18(3)4/h5-9,19-20H,1-4H3. The molecule has 2 aromatic carbocycles. The van der Waals surface area contributed by atoms with Gasteiger partial charge in [0.1, 0.15) is 11.6 Å². The van der Waals surface area contributed by atoms with E-state index in [0.29, 0.717) is 14.3 Å². The Kier molecular flexibility index (Phi) is 4.29. The number of anilines is 1. The lowest BCUT2D eigenvalue weighted by atomic mass is 10.1. The van der Waals surface area contributed by atoms with E-state index in [1.54, 1.807) is 6.07 Å². The van der Waals surface area contributed by atoms with Crippen LogP contribution in [0.5, 0.6) is 5.75 Å². The molecule has 20 heavy (non-hydrogen) atoms. The van der Waals surface area contributed by atoms with Crippen molar-refractivity contribution in [2.75, 3.05) is 19.0 Å². The molecule has 2 aromatic rings. The van der Waals surface area contributed by atoms with E-state index < -0.39 is 0 Å². The van der Waals surface area contributed by atoms with E-state index in [9.17, 15) is 9.50 Å². The van der Waals surface area contributed by atoms with Crippen LogP contribution in [0.2, 0.25) is 0 Å². The van der Waals surface area contributed by atoms with Crippen LogP contribution in [0, 0.1) is 19.7 Å². The Balaban J connectivity index is 2.45. The van der Waals surface area contributed by atoms with Gasteiger partial charge in [-0.3, -0.25) is 0 Å². The van der Waals surface area contributed by atoms with Crippen molar-refractivity contribution in [2.45, 2.75) is 13.8 Å². The van der Waals surface area contributed by atoms with Gasteiger partial charge in [0.25, 0.3) is 0 Å². The highest BCUT2D eigenvalue weighted by atomic mass is 31.1. The first kappa shape index (κ1) is 14.8. The molecular weight excluding hydrogens is 272 g/mol. The number of hydrogen-bond donors (Lipinski definition) is 1. The molecule has 0 aromatic heterocycles. The summed E-state index contributed by atoms with van der Waals surface area (Å²) in [6, 6.07) is 8.74. The summed E-state index contributed by atoms with van der Waals surface area (Å²) in [5.41, 5.74) is 2.85. The second-order valence-corrected chi connectivity index (χ2v) is 6.49. The summed E-state index contributed by atoms with van der Waals surface area (Å²) < 4.78 is 13.4. The lowest BCUT2D eigenvalue weighted by Crippen LogP contribution is -2.18. The molecule has 0 saturated carbocycles. The van der Waals surface area contributed by atoms with E-state index in [-0.39, 0.29) is 5.82 Å². The van der Waals surface area contributed by atoms with Crippen molar-refractivity contribution in [3.8, 4) is 5.75 Å². The van der Waals surface area contributed by atoms with Gasteiger partial charge in [0, 0.05) is 30.4 Å². The van der Waals surface area contributed by atoms with E-state index in [0.717, 1.165) is 27.4 Å². The van der Waals surface area contributed by atoms with Gasteiger partial charge in [-0.15, -0.1) is 0 Å². The molecule has 0 aliphatic heterocycles. The summed E-state index contributed by atoms with van der Waals surface area (Å²) in [5, 5.41) is 12.1. The highest BCUT2D eigenvalue weighted by Gasteiger charge is 2.11. The van der Waals surface area contributed by atoms with Crippen molar-refractivity contribution >= 4 is 24.9 Å². The summed E-state index contributed by atoms with van der Waals surface area (Å²) in [6.45, 7) is 3.91. The van der Waals surface area contributed by atoms with Crippen LogP contribution >= 0.6 is 8.58 Å². The zero-order valence-corrected chi connectivity index (χ0v) is 13.2. The van der Waals surface area contributed by atoms with Gasteiger partial charge >= 0.3 is 0 Å². The third-order valence-electron chi connectivity index (χ3n) is 3.16. The first-order valence-corrected chi connectivity index (χ1v) is 7.42. The second-order valence-electron chi connectivity index (χ2n) is 5.16. The van der Waals surface area contributed by atoms with Gasteiger partial charge in [0.15, 0.2) is 0 Å². The van der Waals surface area contributed by atoms with Gasteiger partial charge in [0.2, 0.25) is 0 Å². The Morgan fingerprint density at radius 1 is 1.05 bits per heavy atom. The number of halogens is 1. The Bertz CT molecular complexity index is 641. The molecule has 2 rings (SSSR count). The number of hydrogen-bond acceptors (Lipinski definition) is 2. The van der Waals surface area contributed by atoms with Crippen molar-refractivity contribution in [3.05, 3.63) is 47.3 Å². The minimum atomic E-state index is -0.244. The van der Waals surface area contributed by atoms with Crippen LogP contribution in [-0.2, 0) is 0 Å². The van der Waals surface area contributed by atoms with Gasteiger partial charge in [-0.25, -0.2) is 4.39 Å². The predicted molar refractivity (Wildman–Crippen MR) is 85.9 cm³/mol. The van der Waals surface area contributed by atoms with E-state index in [1.165, 1.54) is 12.1 Å². The topological polar surface area (TPSA) is 23.5 Å². The summed E-state index contributed by atoms with van der Waals surface area (Å²) in [7, 11) is 4.08. The molecule has 0 saturated heterocycles.